The van der Waals surface area contributed by atoms with Gasteiger partial charge in [-0.15, -0.1) is 0 Å². The molecule has 2 unspecified atom stereocenters. The van der Waals surface area contributed by atoms with Crippen molar-refractivity contribution in [3.63, 3.8) is 0 Å². The molecule has 2 atom stereocenters. The third kappa shape index (κ3) is 3.66. The lowest BCUT2D eigenvalue weighted by molar-refractivity contribution is -0.122. The van der Waals surface area contributed by atoms with Crippen LogP contribution in [0.4, 0.5) is 0 Å². The highest BCUT2D eigenvalue weighted by Gasteiger charge is 2.21. The van der Waals surface area contributed by atoms with Gasteiger partial charge in [0.15, 0.2) is 0 Å². The Morgan fingerprint density at radius 2 is 2.05 bits per heavy atom. The maximum absolute atomic E-state index is 11.7. The summed E-state index contributed by atoms with van der Waals surface area (Å²) in [6.45, 7) is 5.76. The van der Waals surface area contributed by atoms with E-state index >= 15 is 0 Å². The van der Waals surface area contributed by atoms with Gasteiger partial charge >= 0.3 is 0 Å². The fourth-order valence-electron chi connectivity index (χ4n) is 2.95. The predicted molar refractivity (Wildman–Crippen MR) is 79.5 cm³/mol. The monoisotopic (exact) mass is 259 g/mol. The second-order valence-corrected chi connectivity index (χ2v) is 5.72. The number of aryl methyl sites for hydroxylation is 1. The first kappa shape index (κ1) is 14.3. The number of benzene rings is 1. The van der Waals surface area contributed by atoms with Crippen molar-refractivity contribution in [2.24, 2.45) is 5.92 Å². The van der Waals surface area contributed by atoms with Crippen LogP contribution in [-0.2, 0) is 11.2 Å². The van der Waals surface area contributed by atoms with Crippen LogP contribution in [0.1, 0.15) is 50.2 Å². The summed E-state index contributed by atoms with van der Waals surface area (Å²) in [6, 6.07) is 8.80. The van der Waals surface area contributed by atoms with E-state index in [0.29, 0.717) is 18.2 Å². The Morgan fingerprint density at radius 3 is 2.84 bits per heavy atom. The van der Waals surface area contributed by atoms with Gasteiger partial charge in [-0.3, -0.25) is 4.79 Å². The number of carbonyl (C=O) groups excluding carboxylic acids is 1. The van der Waals surface area contributed by atoms with Gasteiger partial charge in [-0.1, -0.05) is 44.5 Å². The molecule has 1 aliphatic heterocycles. The quantitative estimate of drug-likeness (QED) is 0.902. The van der Waals surface area contributed by atoms with Gasteiger partial charge in [-0.2, -0.15) is 0 Å². The van der Waals surface area contributed by atoms with Crippen LogP contribution in [0.3, 0.4) is 0 Å². The normalized spacial score (nSPS) is 24.8. The van der Waals surface area contributed by atoms with Crippen molar-refractivity contribution in [1.29, 1.82) is 0 Å². The molecule has 2 heteroatoms. The first-order valence-corrected chi connectivity index (χ1v) is 7.53. The molecule has 2 rings (SSSR count). The molecule has 1 aliphatic rings. The third-order valence-corrected chi connectivity index (χ3v) is 4.20. The molecule has 104 valence electrons. The standard InChI is InChI=1S/C17H25NO/c1-3-6-14-7-4-5-8-16(14)15-10-9-13(2)17(19)12-18-11-15/h4-5,7-8,13,15,18H,3,6,9-12H2,1-2H3. The lowest BCUT2D eigenvalue weighted by Crippen LogP contribution is -2.33. The van der Waals surface area contributed by atoms with E-state index in [1.54, 1.807) is 0 Å². The first-order chi connectivity index (χ1) is 9.22. The highest BCUT2D eigenvalue weighted by Crippen LogP contribution is 2.28. The maximum atomic E-state index is 11.7. The van der Waals surface area contributed by atoms with Crippen LogP contribution in [-0.4, -0.2) is 18.9 Å². The van der Waals surface area contributed by atoms with Gasteiger partial charge in [0.25, 0.3) is 0 Å². The number of Topliss-reactive ketones (excluding diaryl/α,β-unsaturated/α-hetero) is 1. The molecule has 1 N–H and O–H groups in total. The molecule has 0 radical (unpaired) electrons. The Kier molecular flexibility index (Phi) is 5.15. The number of carbonyl (C=O) groups is 1. The average molecular weight is 259 g/mol. The minimum Gasteiger partial charge on any atom is -0.309 e. The van der Waals surface area contributed by atoms with Crippen molar-refractivity contribution in [3.8, 4) is 0 Å². The fraction of sp³-hybridized carbons (Fsp3) is 0.588. The van der Waals surface area contributed by atoms with Crippen molar-refractivity contribution >= 4 is 5.78 Å². The minimum atomic E-state index is 0.202. The lowest BCUT2D eigenvalue weighted by atomic mass is 9.85. The molecule has 1 aromatic carbocycles. The Bertz CT molecular complexity index is 427. The molecule has 2 nitrogen and oxygen atoms in total. The number of hydrogen-bond acceptors (Lipinski definition) is 2. The van der Waals surface area contributed by atoms with Crippen molar-refractivity contribution in [3.05, 3.63) is 35.4 Å². The van der Waals surface area contributed by atoms with Crippen molar-refractivity contribution in [2.75, 3.05) is 13.1 Å². The number of hydrogen-bond donors (Lipinski definition) is 1. The summed E-state index contributed by atoms with van der Waals surface area (Å²) in [5, 5.41) is 3.34. The molecule has 19 heavy (non-hydrogen) atoms. The number of ketones is 1. The second-order valence-electron chi connectivity index (χ2n) is 5.72. The SMILES string of the molecule is CCCc1ccccc1C1CCC(C)C(=O)CNC1. The zero-order valence-corrected chi connectivity index (χ0v) is 12.1. The van der Waals surface area contributed by atoms with E-state index in [1.807, 2.05) is 0 Å². The molecule has 0 spiro atoms. The summed E-state index contributed by atoms with van der Waals surface area (Å²) in [7, 11) is 0. The Morgan fingerprint density at radius 1 is 1.26 bits per heavy atom. The van der Waals surface area contributed by atoms with Gasteiger partial charge in [-0.25, -0.2) is 0 Å². The average Bonchev–Trinajstić information content (AvgIpc) is 2.41. The Labute approximate surface area is 116 Å². The zero-order chi connectivity index (χ0) is 13.7. The second kappa shape index (κ2) is 6.85. The van der Waals surface area contributed by atoms with Crippen LogP contribution in [0.5, 0.6) is 0 Å². The largest absolute Gasteiger partial charge is 0.309 e. The number of rotatable bonds is 3. The summed E-state index contributed by atoms with van der Waals surface area (Å²) in [4.78, 5) is 11.7. The van der Waals surface area contributed by atoms with Gasteiger partial charge < -0.3 is 5.32 Å². The molecule has 1 heterocycles. The molecule has 0 aliphatic carbocycles. The van der Waals surface area contributed by atoms with E-state index in [2.05, 4.69) is 43.4 Å². The molecule has 1 aromatic rings. The van der Waals surface area contributed by atoms with E-state index in [-0.39, 0.29) is 5.92 Å². The van der Waals surface area contributed by atoms with E-state index in [1.165, 1.54) is 17.5 Å². The van der Waals surface area contributed by atoms with Crippen LogP contribution in [0.2, 0.25) is 0 Å². The van der Waals surface area contributed by atoms with Crippen molar-refractivity contribution in [2.45, 2.75) is 45.4 Å². The van der Waals surface area contributed by atoms with Gasteiger partial charge in [0, 0.05) is 12.5 Å². The molecule has 1 saturated heterocycles. The number of nitrogens with one attached hydrogen (secondary N) is 1. The van der Waals surface area contributed by atoms with Crippen LogP contribution in [0, 0.1) is 5.92 Å². The summed E-state index contributed by atoms with van der Waals surface area (Å²) < 4.78 is 0. The minimum absolute atomic E-state index is 0.202. The van der Waals surface area contributed by atoms with Gasteiger partial charge in [0.1, 0.15) is 5.78 Å². The smallest absolute Gasteiger partial charge is 0.149 e. The lowest BCUT2D eigenvalue weighted by Gasteiger charge is -2.25. The van der Waals surface area contributed by atoms with Crippen molar-refractivity contribution < 1.29 is 4.79 Å². The van der Waals surface area contributed by atoms with E-state index in [0.717, 1.165) is 25.8 Å². The van der Waals surface area contributed by atoms with Crippen LogP contribution >= 0.6 is 0 Å². The first-order valence-electron chi connectivity index (χ1n) is 7.53. The summed E-state index contributed by atoms with van der Waals surface area (Å²) in [6.07, 6.45) is 4.47. The Balaban J connectivity index is 2.14. The van der Waals surface area contributed by atoms with Crippen LogP contribution in [0.25, 0.3) is 0 Å². The van der Waals surface area contributed by atoms with Crippen molar-refractivity contribution in [1.82, 2.24) is 5.32 Å². The molecular weight excluding hydrogens is 234 g/mol. The molecular formula is C17H25NO. The highest BCUT2D eigenvalue weighted by molar-refractivity contribution is 5.82. The van der Waals surface area contributed by atoms with Gasteiger partial charge in [0.05, 0.1) is 6.54 Å². The van der Waals surface area contributed by atoms with Crippen LogP contribution in [0.15, 0.2) is 24.3 Å². The van der Waals surface area contributed by atoms with E-state index in [9.17, 15) is 4.79 Å². The summed E-state index contributed by atoms with van der Waals surface area (Å²) in [5.74, 6) is 1.12. The van der Waals surface area contributed by atoms with Gasteiger partial charge in [-0.05, 0) is 36.3 Å². The molecule has 0 amide bonds. The van der Waals surface area contributed by atoms with Gasteiger partial charge in [0.2, 0.25) is 0 Å². The highest BCUT2D eigenvalue weighted by atomic mass is 16.1. The Hall–Kier alpha value is -1.15. The topological polar surface area (TPSA) is 29.1 Å². The van der Waals surface area contributed by atoms with E-state index < -0.39 is 0 Å². The molecule has 0 bridgehead atoms. The zero-order valence-electron chi connectivity index (χ0n) is 12.1. The van der Waals surface area contributed by atoms with Crippen LogP contribution < -0.4 is 5.32 Å². The molecule has 1 fully saturated rings. The third-order valence-electron chi connectivity index (χ3n) is 4.20. The summed E-state index contributed by atoms with van der Waals surface area (Å²) in [5.41, 5.74) is 2.97. The fourth-order valence-corrected chi connectivity index (χ4v) is 2.95. The van der Waals surface area contributed by atoms with E-state index in [4.69, 9.17) is 0 Å². The maximum Gasteiger partial charge on any atom is 0.149 e. The predicted octanol–water partition coefficient (Wildman–Crippen LogP) is 3.31. The molecule has 0 aromatic heterocycles. The molecule has 0 saturated carbocycles. The summed E-state index contributed by atoms with van der Waals surface area (Å²) >= 11 is 0.